The van der Waals surface area contributed by atoms with Gasteiger partial charge in [0, 0.05) is 17.1 Å². The van der Waals surface area contributed by atoms with E-state index in [1.165, 1.54) is 0 Å². The van der Waals surface area contributed by atoms with Gasteiger partial charge in [-0.25, -0.2) is 0 Å². The SMILES string of the molecule is O=C(O)Cc1ncc(C(F)(F)F)c(OC(F)(F)F)c1CBr. The summed E-state index contributed by atoms with van der Waals surface area (Å²) in [5, 5.41) is 8.11. The van der Waals surface area contributed by atoms with E-state index in [-0.39, 0.29) is 6.20 Å². The van der Waals surface area contributed by atoms with Crippen molar-refractivity contribution >= 4 is 21.9 Å². The molecule has 118 valence electrons. The second-order valence-electron chi connectivity index (χ2n) is 3.68. The van der Waals surface area contributed by atoms with Gasteiger partial charge in [0.2, 0.25) is 0 Å². The molecule has 0 spiro atoms. The lowest BCUT2D eigenvalue weighted by atomic mass is 10.1. The quantitative estimate of drug-likeness (QED) is 0.640. The third-order valence-electron chi connectivity index (χ3n) is 2.19. The van der Waals surface area contributed by atoms with Crippen LogP contribution in [0.1, 0.15) is 16.8 Å². The molecule has 0 aliphatic heterocycles. The van der Waals surface area contributed by atoms with Gasteiger partial charge in [-0.1, -0.05) is 15.9 Å². The van der Waals surface area contributed by atoms with Crippen LogP contribution >= 0.6 is 15.9 Å². The maximum absolute atomic E-state index is 12.7. The van der Waals surface area contributed by atoms with Crippen LogP contribution in [0.25, 0.3) is 0 Å². The number of halogens is 7. The number of carboxylic acids is 1. The number of aromatic nitrogens is 1. The van der Waals surface area contributed by atoms with Gasteiger partial charge in [0.1, 0.15) is 11.3 Å². The first-order valence-electron chi connectivity index (χ1n) is 5.07. The van der Waals surface area contributed by atoms with Crippen LogP contribution in [0.4, 0.5) is 26.3 Å². The summed E-state index contributed by atoms with van der Waals surface area (Å²) in [5.74, 6) is -2.96. The van der Waals surface area contributed by atoms with Gasteiger partial charge >= 0.3 is 18.5 Å². The Bertz CT molecular complexity index is 543. The van der Waals surface area contributed by atoms with E-state index < -0.39 is 52.8 Å². The summed E-state index contributed by atoms with van der Waals surface area (Å²) in [5.41, 5.74) is -2.81. The Morgan fingerprint density at radius 3 is 2.24 bits per heavy atom. The Morgan fingerprint density at radius 2 is 1.86 bits per heavy atom. The lowest BCUT2D eigenvalue weighted by molar-refractivity contribution is -0.276. The lowest BCUT2D eigenvalue weighted by Crippen LogP contribution is -2.22. The summed E-state index contributed by atoms with van der Waals surface area (Å²) < 4.78 is 78.4. The van der Waals surface area contributed by atoms with Crippen LogP contribution in [0.3, 0.4) is 0 Å². The summed E-state index contributed by atoms with van der Waals surface area (Å²) in [7, 11) is 0. The highest BCUT2D eigenvalue weighted by Crippen LogP contribution is 2.41. The first-order chi connectivity index (χ1) is 9.45. The molecule has 0 fully saturated rings. The Hall–Kier alpha value is -1.52. The van der Waals surface area contributed by atoms with Crippen LogP contribution in [0.15, 0.2) is 6.20 Å². The predicted molar refractivity (Wildman–Crippen MR) is 59.9 cm³/mol. The molecule has 1 N–H and O–H groups in total. The fraction of sp³-hybridized carbons (Fsp3) is 0.400. The van der Waals surface area contributed by atoms with Crippen molar-refractivity contribution < 1.29 is 41.0 Å². The number of carboxylic acid groups (broad SMARTS) is 1. The van der Waals surface area contributed by atoms with Gasteiger partial charge in [-0.05, 0) is 0 Å². The number of nitrogens with zero attached hydrogens (tertiary/aromatic N) is 1. The van der Waals surface area contributed by atoms with Crippen molar-refractivity contribution in [3.05, 3.63) is 23.0 Å². The molecule has 0 unspecified atom stereocenters. The van der Waals surface area contributed by atoms with Gasteiger partial charge < -0.3 is 9.84 Å². The second kappa shape index (κ2) is 6.08. The molecule has 1 rings (SSSR count). The van der Waals surface area contributed by atoms with Gasteiger partial charge in [-0.2, -0.15) is 13.2 Å². The zero-order valence-corrected chi connectivity index (χ0v) is 11.4. The predicted octanol–water partition coefficient (Wildman–Crippen LogP) is 3.52. The van der Waals surface area contributed by atoms with Gasteiger partial charge in [0.05, 0.1) is 12.1 Å². The van der Waals surface area contributed by atoms with Gasteiger partial charge in [-0.3, -0.25) is 9.78 Å². The molecule has 21 heavy (non-hydrogen) atoms. The number of hydrogen-bond acceptors (Lipinski definition) is 3. The van der Waals surface area contributed by atoms with Crippen molar-refractivity contribution in [3.8, 4) is 5.75 Å². The Kier molecular flexibility index (Phi) is 5.07. The Labute approximate surface area is 121 Å². The number of ether oxygens (including phenoxy) is 1. The second-order valence-corrected chi connectivity index (χ2v) is 4.24. The summed E-state index contributed by atoms with van der Waals surface area (Å²) in [6, 6.07) is 0. The van der Waals surface area contributed by atoms with E-state index in [1.54, 1.807) is 0 Å². The molecular weight excluding hydrogens is 376 g/mol. The van der Waals surface area contributed by atoms with Crippen molar-refractivity contribution in [2.75, 3.05) is 0 Å². The third-order valence-corrected chi connectivity index (χ3v) is 2.75. The summed E-state index contributed by atoms with van der Waals surface area (Å²) in [4.78, 5) is 13.8. The van der Waals surface area contributed by atoms with Gasteiger partial charge in [0.15, 0.2) is 0 Å². The molecule has 11 heteroatoms. The van der Waals surface area contributed by atoms with Crippen LogP contribution < -0.4 is 4.74 Å². The van der Waals surface area contributed by atoms with E-state index >= 15 is 0 Å². The van der Waals surface area contributed by atoms with E-state index in [2.05, 4.69) is 25.7 Å². The number of aliphatic carboxylic acids is 1. The van der Waals surface area contributed by atoms with Crippen molar-refractivity contribution in [3.63, 3.8) is 0 Å². The third kappa shape index (κ3) is 4.76. The smallest absolute Gasteiger partial charge is 0.481 e. The topological polar surface area (TPSA) is 59.4 Å². The fourth-order valence-corrected chi connectivity index (χ4v) is 2.02. The van der Waals surface area contributed by atoms with Crippen LogP contribution in [0, 0.1) is 0 Å². The van der Waals surface area contributed by atoms with Crippen LogP contribution in [0.5, 0.6) is 5.75 Å². The highest BCUT2D eigenvalue weighted by molar-refractivity contribution is 9.08. The average Bonchev–Trinajstić information content (AvgIpc) is 2.24. The summed E-state index contributed by atoms with van der Waals surface area (Å²) >= 11 is 2.71. The first-order valence-corrected chi connectivity index (χ1v) is 6.19. The monoisotopic (exact) mass is 381 g/mol. The molecule has 0 radical (unpaired) electrons. The first kappa shape index (κ1) is 17.5. The van der Waals surface area contributed by atoms with Crippen molar-refractivity contribution in [1.29, 1.82) is 0 Å². The minimum absolute atomic E-state index is 0.117. The Balaban J connectivity index is 3.52. The molecule has 0 aliphatic carbocycles. The number of carbonyl (C=O) groups is 1. The number of hydrogen-bond donors (Lipinski definition) is 1. The van der Waals surface area contributed by atoms with E-state index in [1.807, 2.05) is 0 Å². The van der Waals surface area contributed by atoms with Crippen LogP contribution in [-0.4, -0.2) is 22.4 Å². The van der Waals surface area contributed by atoms with E-state index in [0.29, 0.717) is 0 Å². The minimum atomic E-state index is -5.36. The van der Waals surface area contributed by atoms with Gasteiger partial charge in [-0.15, -0.1) is 13.2 Å². The maximum atomic E-state index is 12.7. The van der Waals surface area contributed by atoms with Crippen molar-refractivity contribution in [2.24, 2.45) is 0 Å². The molecule has 1 aromatic heterocycles. The highest BCUT2D eigenvalue weighted by Gasteiger charge is 2.41. The molecule has 0 amide bonds. The van der Waals surface area contributed by atoms with Gasteiger partial charge in [0.25, 0.3) is 0 Å². The molecule has 0 aliphatic rings. The number of rotatable bonds is 4. The minimum Gasteiger partial charge on any atom is -0.481 e. The van der Waals surface area contributed by atoms with E-state index in [4.69, 9.17) is 5.11 Å². The highest BCUT2D eigenvalue weighted by atomic mass is 79.9. The van der Waals surface area contributed by atoms with Crippen molar-refractivity contribution in [1.82, 2.24) is 4.98 Å². The zero-order valence-electron chi connectivity index (χ0n) is 9.85. The van der Waals surface area contributed by atoms with E-state index in [0.717, 1.165) is 0 Å². The van der Waals surface area contributed by atoms with Crippen LogP contribution in [0.2, 0.25) is 0 Å². The summed E-state index contributed by atoms with van der Waals surface area (Å²) in [6.45, 7) is 0. The fourth-order valence-electron chi connectivity index (χ4n) is 1.44. The largest absolute Gasteiger partial charge is 0.573 e. The molecule has 1 aromatic rings. The van der Waals surface area contributed by atoms with E-state index in [9.17, 15) is 31.1 Å². The lowest BCUT2D eigenvalue weighted by Gasteiger charge is -2.19. The summed E-state index contributed by atoms with van der Waals surface area (Å²) in [6.07, 6.45) is -11.2. The average molecular weight is 382 g/mol. The molecule has 0 saturated carbocycles. The molecular formula is C10H6BrF6NO3. The standard InChI is InChI=1S/C10H6BrF6NO3/c11-2-4-6(1-7(19)20)18-3-5(9(12,13)14)8(4)21-10(15,16)17/h3H,1-2H2,(H,19,20). The zero-order chi connectivity index (χ0) is 16.4. The van der Waals surface area contributed by atoms with Crippen molar-refractivity contribution in [2.45, 2.75) is 24.3 Å². The molecule has 0 bridgehead atoms. The van der Waals surface area contributed by atoms with Crippen LogP contribution in [-0.2, 0) is 22.7 Å². The molecule has 1 heterocycles. The number of pyridine rings is 1. The Morgan fingerprint density at radius 1 is 1.29 bits per heavy atom. The molecule has 0 atom stereocenters. The number of alkyl halides is 7. The molecule has 4 nitrogen and oxygen atoms in total. The molecule has 0 aromatic carbocycles. The molecule has 0 saturated heterocycles. The normalized spacial score (nSPS) is 12.3. The maximum Gasteiger partial charge on any atom is 0.573 e.